The molecule has 4 nitrogen and oxygen atoms in total. The highest BCUT2D eigenvalue weighted by atomic mass is 31.2. The van der Waals surface area contributed by atoms with Gasteiger partial charge < -0.3 is 15.2 Å². The van der Waals surface area contributed by atoms with Crippen LogP contribution in [0.25, 0.3) is 0 Å². The zero-order valence-electron chi connectivity index (χ0n) is 7.30. The van der Waals surface area contributed by atoms with Crippen molar-refractivity contribution in [3.05, 3.63) is 24.3 Å². The summed E-state index contributed by atoms with van der Waals surface area (Å²) in [7, 11) is -3.50. The van der Waals surface area contributed by atoms with E-state index in [1.807, 2.05) is 0 Å². The molecular formula is C8H12NO3P. The third kappa shape index (κ3) is 2.76. The Morgan fingerprint density at radius 3 is 2.69 bits per heavy atom. The van der Waals surface area contributed by atoms with Crippen LogP contribution in [0.5, 0.6) is 5.75 Å². The van der Waals surface area contributed by atoms with Crippen molar-refractivity contribution in [3.63, 3.8) is 0 Å². The maximum atomic E-state index is 11.2. The van der Waals surface area contributed by atoms with Gasteiger partial charge in [-0.3, -0.25) is 0 Å². The van der Waals surface area contributed by atoms with Crippen molar-refractivity contribution in [1.29, 1.82) is 0 Å². The van der Waals surface area contributed by atoms with Crippen LogP contribution in [0, 0.1) is 0 Å². The van der Waals surface area contributed by atoms with Gasteiger partial charge in [-0.1, -0.05) is 19.1 Å². The largest absolute Gasteiger partial charge is 0.422 e. The first-order valence-corrected chi connectivity index (χ1v) is 5.67. The molecule has 1 aromatic rings. The molecule has 0 aliphatic carbocycles. The topological polar surface area (TPSA) is 72.5 Å². The first-order chi connectivity index (χ1) is 6.05. The van der Waals surface area contributed by atoms with Gasteiger partial charge in [-0.25, -0.2) is 4.57 Å². The van der Waals surface area contributed by atoms with Crippen molar-refractivity contribution in [2.45, 2.75) is 6.92 Å². The SMILES string of the molecule is CCP(=O)(O)Oc1ccccc1N. The summed E-state index contributed by atoms with van der Waals surface area (Å²) in [5, 5.41) is 0. The molecule has 1 aromatic carbocycles. The smallest absolute Gasteiger partial charge is 0.376 e. The first kappa shape index (κ1) is 10.1. The van der Waals surface area contributed by atoms with E-state index in [2.05, 4.69) is 0 Å². The van der Waals surface area contributed by atoms with Crippen molar-refractivity contribution in [2.75, 3.05) is 11.9 Å². The fourth-order valence-corrected chi connectivity index (χ4v) is 1.38. The Morgan fingerprint density at radius 1 is 1.54 bits per heavy atom. The molecule has 0 saturated heterocycles. The minimum atomic E-state index is -3.50. The molecular weight excluding hydrogens is 189 g/mol. The average Bonchev–Trinajstić information content (AvgIpc) is 2.09. The van der Waals surface area contributed by atoms with Gasteiger partial charge in [0.1, 0.15) is 0 Å². The Labute approximate surface area is 76.9 Å². The van der Waals surface area contributed by atoms with Crippen LogP contribution in [-0.4, -0.2) is 11.1 Å². The summed E-state index contributed by atoms with van der Waals surface area (Å²) >= 11 is 0. The Hall–Kier alpha value is -0.990. The number of nitrogens with two attached hydrogens (primary N) is 1. The van der Waals surface area contributed by atoms with Gasteiger partial charge in [-0.15, -0.1) is 0 Å². The van der Waals surface area contributed by atoms with Crippen LogP contribution >= 0.6 is 7.60 Å². The van der Waals surface area contributed by atoms with Crippen molar-refractivity contribution in [3.8, 4) is 5.75 Å². The highest BCUT2D eigenvalue weighted by Gasteiger charge is 2.18. The number of benzene rings is 1. The molecule has 0 spiro atoms. The number of hydrogen-bond acceptors (Lipinski definition) is 3. The predicted molar refractivity (Wildman–Crippen MR) is 51.8 cm³/mol. The van der Waals surface area contributed by atoms with Gasteiger partial charge >= 0.3 is 7.60 Å². The van der Waals surface area contributed by atoms with Gasteiger partial charge in [-0.05, 0) is 12.1 Å². The molecule has 1 rings (SSSR count). The van der Waals surface area contributed by atoms with E-state index >= 15 is 0 Å². The average molecular weight is 201 g/mol. The Balaban J connectivity index is 2.86. The lowest BCUT2D eigenvalue weighted by Crippen LogP contribution is -1.97. The van der Waals surface area contributed by atoms with Crippen LogP contribution in [0.15, 0.2) is 24.3 Å². The maximum absolute atomic E-state index is 11.2. The Bertz CT molecular complexity index is 340. The lowest BCUT2D eigenvalue weighted by atomic mass is 10.3. The Morgan fingerprint density at radius 2 is 2.15 bits per heavy atom. The summed E-state index contributed by atoms with van der Waals surface area (Å²) in [5.41, 5.74) is 5.89. The molecule has 0 aromatic heterocycles. The molecule has 0 heterocycles. The number of nitrogen functional groups attached to an aromatic ring is 1. The normalized spacial score (nSPS) is 14.9. The summed E-state index contributed by atoms with van der Waals surface area (Å²) in [5.74, 6) is 0.259. The van der Waals surface area contributed by atoms with E-state index in [0.29, 0.717) is 5.69 Å². The van der Waals surface area contributed by atoms with Gasteiger partial charge in [-0.2, -0.15) is 0 Å². The molecule has 13 heavy (non-hydrogen) atoms. The summed E-state index contributed by atoms with van der Waals surface area (Å²) in [6.07, 6.45) is 0.0708. The van der Waals surface area contributed by atoms with Gasteiger partial charge in [0.25, 0.3) is 0 Å². The van der Waals surface area contributed by atoms with Gasteiger partial charge in [0.05, 0.1) is 11.8 Å². The van der Waals surface area contributed by atoms with Gasteiger partial charge in [0, 0.05) is 0 Å². The van der Waals surface area contributed by atoms with Crippen molar-refractivity contribution in [1.82, 2.24) is 0 Å². The summed E-state index contributed by atoms with van der Waals surface area (Å²) in [4.78, 5) is 9.18. The quantitative estimate of drug-likeness (QED) is 0.578. The minimum absolute atomic E-state index is 0.0708. The fourth-order valence-electron chi connectivity index (χ4n) is 0.782. The third-order valence-electron chi connectivity index (χ3n) is 1.56. The van der Waals surface area contributed by atoms with Crippen LogP contribution < -0.4 is 10.3 Å². The molecule has 0 saturated carbocycles. The van der Waals surface area contributed by atoms with Crippen LogP contribution in [0.1, 0.15) is 6.92 Å². The second kappa shape index (κ2) is 3.81. The molecule has 0 fully saturated rings. The molecule has 0 aliphatic rings. The summed E-state index contributed by atoms with van der Waals surface area (Å²) in [6, 6.07) is 6.61. The number of anilines is 1. The predicted octanol–water partition coefficient (Wildman–Crippen LogP) is 1.85. The molecule has 72 valence electrons. The van der Waals surface area contributed by atoms with Crippen LogP contribution in [-0.2, 0) is 4.57 Å². The highest BCUT2D eigenvalue weighted by molar-refractivity contribution is 7.53. The van der Waals surface area contributed by atoms with Crippen molar-refractivity contribution < 1.29 is 14.0 Å². The van der Waals surface area contributed by atoms with E-state index in [-0.39, 0.29) is 11.9 Å². The summed E-state index contributed by atoms with van der Waals surface area (Å²) in [6.45, 7) is 1.58. The van der Waals surface area contributed by atoms with Gasteiger partial charge in [0.2, 0.25) is 0 Å². The minimum Gasteiger partial charge on any atom is -0.422 e. The van der Waals surface area contributed by atoms with Crippen LogP contribution in [0.2, 0.25) is 0 Å². The van der Waals surface area contributed by atoms with Gasteiger partial charge in [0.15, 0.2) is 5.75 Å². The second-order valence-corrected chi connectivity index (χ2v) is 4.67. The molecule has 0 radical (unpaired) electrons. The number of rotatable bonds is 3. The van der Waals surface area contributed by atoms with E-state index in [9.17, 15) is 9.46 Å². The van der Waals surface area contributed by atoms with E-state index < -0.39 is 7.60 Å². The molecule has 3 N–H and O–H groups in total. The second-order valence-electron chi connectivity index (χ2n) is 2.58. The van der Waals surface area contributed by atoms with E-state index in [1.165, 1.54) is 0 Å². The first-order valence-electron chi connectivity index (χ1n) is 3.91. The molecule has 1 atom stereocenters. The lowest BCUT2D eigenvalue weighted by molar-refractivity contribution is 0.382. The molecule has 0 bridgehead atoms. The zero-order chi connectivity index (χ0) is 9.90. The molecule has 1 unspecified atom stereocenters. The van der Waals surface area contributed by atoms with E-state index in [0.717, 1.165) is 0 Å². The standard InChI is InChI=1S/C8H12NO3P/c1-2-13(10,11)12-8-6-4-3-5-7(8)9/h3-6H,2,9H2,1H3,(H,10,11). The third-order valence-corrected chi connectivity index (χ3v) is 2.84. The van der Waals surface area contributed by atoms with Crippen molar-refractivity contribution in [2.24, 2.45) is 0 Å². The summed E-state index contributed by atoms with van der Waals surface area (Å²) < 4.78 is 16.0. The highest BCUT2D eigenvalue weighted by Crippen LogP contribution is 2.43. The fraction of sp³-hybridized carbons (Fsp3) is 0.250. The maximum Gasteiger partial charge on any atom is 0.376 e. The number of hydrogen-bond donors (Lipinski definition) is 2. The molecule has 0 amide bonds. The van der Waals surface area contributed by atoms with Crippen LogP contribution in [0.3, 0.4) is 0 Å². The van der Waals surface area contributed by atoms with E-state index in [1.54, 1.807) is 31.2 Å². The van der Waals surface area contributed by atoms with E-state index in [4.69, 9.17) is 10.3 Å². The molecule has 5 heteroatoms. The molecule has 0 aliphatic heterocycles. The van der Waals surface area contributed by atoms with Crippen molar-refractivity contribution >= 4 is 13.3 Å². The zero-order valence-corrected chi connectivity index (χ0v) is 8.20. The lowest BCUT2D eigenvalue weighted by Gasteiger charge is -2.12. The monoisotopic (exact) mass is 201 g/mol. The Kier molecular flexibility index (Phi) is 2.96. The van der Waals surface area contributed by atoms with Crippen LogP contribution in [0.4, 0.5) is 5.69 Å². The number of para-hydroxylation sites is 2.